The van der Waals surface area contributed by atoms with Crippen LogP contribution in [0.1, 0.15) is 34.1 Å². The number of sulfone groups is 1. The first-order chi connectivity index (χ1) is 14.2. The van der Waals surface area contributed by atoms with Crippen molar-refractivity contribution in [1.82, 2.24) is 0 Å². The van der Waals surface area contributed by atoms with Crippen LogP contribution >= 0.6 is 27.7 Å². The van der Waals surface area contributed by atoms with E-state index in [4.69, 9.17) is 9.47 Å². The van der Waals surface area contributed by atoms with Crippen LogP contribution < -0.4 is 14.4 Å². The molecular weight excluding hydrogens is 492 g/mol. The van der Waals surface area contributed by atoms with Gasteiger partial charge in [-0.15, -0.1) is 0 Å². The van der Waals surface area contributed by atoms with E-state index in [0.717, 1.165) is 10.2 Å². The number of ether oxygens (including phenoxy) is 2. The molecule has 2 fully saturated rings. The lowest BCUT2D eigenvalue weighted by Gasteiger charge is -2.27. The zero-order valence-electron chi connectivity index (χ0n) is 17.6. The maximum Gasteiger partial charge on any atom is 0.250 e. The summed E-state index contributed by atoms with van der Waals surface area (Å²) >= 11 is 4.97. The van der Waals surface area contributed by atoms with Crippen molar-refractivity contribution in [3.8, 4) is 11.5 Å². The van der Waals surface area contributed by atoms with Crippen LogP contribution in [0, 0.1) is 5.92 Å². The van der Waals surface area contributed by atoms with Gasteiger partial charge in [-0.1, -0.05) is 25.6 Å². The first-order valence-electron chi connectivity index (χ1n) is 10.1. The highest BCUT2D eigenvalue weighted by Crippen LogP contribution is 2.46. The van der Waals surface area contributed by atoms with Gasteiger partial charge in [0.1, 0.15) is 0 Å². The van der Waals surface area contributed by atoms with E-state index < -0.39 is 9.84 Å². The number of benzene rings is 1. The van der Waals surface area contributed by atoms with Gasteiger partial charge in [0, 0.05) is 27.8 Å². The summed E-state index contributed by atoms with van der Waals surface area (Å²) < 4.78 is 36.8. The number of halogens is 1. The third-order valence-corrected chi connectivity index (χ3v) is 9.02. The van der Waals surface area contributed by atoms with E-state index in [1.54, 1.807) is 0 Å². The molecule has 7 nitrogen and oxygen atoms in total. The maximum atomic E-state index is 12.5. The highest BCUT2D eigenvalue weighted by atomic mass is 79.9. The van der Waals surface area contributed by atoms with Crippen LogP contribution in [0.4, 0.5) is 5.69 Å². The van der Waals surface area contributed by atoms with Gasteiger partial charge in [0.25, 0.3) is 5.91 Å². The normalized spacial score (nSPS) is 24.7. The molecule has 0 bridgehead atoms. The lowest BCUT2D eigenvalue weighted by Crippen LogP contribution is -2.38. The fourth-order valence-electron chi connectivity index (χ4n) is 3.47. The first kappa shape index (κ1) is 23.4. The third-order valence-electron chi connectivity index (χ3n) is 5.18. The molecule has 0 aromatic heterocycles. The molecule has 0 unspecified atom stereocenters. The molecule has 0 saturated carbocycles. The molecular formula is C20H27BrN2O5S2. The van der Waals surface area contributed by atoms with Crippen LogP contribution in [0.25, 0.3) is 0 Å². The van der Waals surface area contributed by atoms with Gasteiger partial charge >= 0.3 is 0 Å². The predicted molar refractivity (Wildman–Crippen MR) is 125 cm³/mol. The minimum atomic E-state index is -3.14. The molecule has 3 rings (SSSR count). The highest BCUT2D eigenvalue weighted by molar-refractivity contribution is 9.10. The van der Waals surface area contributed by atoms with Crippen molar-refractivity contribution >= 4 is 54.3 Å². The summed E-state index contributed by atoms with van der Waals surface area (Å²) in [5, 5.41) is 0.380. The van der Waals surface area contributed by atoms with Crippen molar-refractivity contribution in [3.05, 3.63) is 16.6 Å². The number of fused-ring (bicyclic) bond motifs is 1. The van der Waals surface area contributed by atoms with Gasteiger partial charge in [-0.25, -0.2) is 8.42 Å². The number of rotatable bonds is 7. The minimum Gasteiger partial charge on any atom is -0.490 e. The van der Waals surface area contributed by atoms with E-state index in [-0.39, 0.29) is 34.6 Å². The Labute approximate surface area is 190 Å². The molecule has 2 heterocycles. The van der Waals surface area contributed by atoms with Gasteiger partial charge in [0.05, 0.1) is 36.4 Å². The Balaban J connectivity index is 2.09. The van der Waals surface area contributed by atoms with E-state index in [1.165, 1.54) is 11.8 Å². The number of carbonyl (C=O) groups is 1. The van der Waals surface area contributed by atoms with E-state index in [0.29, 0.717) is 36.3 Å². The standard InChI is InChI=1S/C20H27BrN2O5S2/c1-5-12(4)19(24)22-20-23(15-10-30(25,26)11-18(15)29-20)14-9-17(28-7-3)16(27-6-2)8-13(14)21/h8-9,12,15,18H,5-7,10-11H2,1-4H3/t12-,15+,18-/m0/s1. The lowest BCUT2D eigenvalue weighted by atomic mass is 10.1. The maximum absolute atomic E-state index is 12.5. The second kappa shape index (κ2) is 9.48. The molecule has 2 aliphatic rings. The Bertz CT molecular complexity index is 951. The molecule has 166 valence electrons. The highest BCUT2D eigenvalue weighted by Gasteiger charge is 2.50. The smallest absolute Gasteiger partial charge is 0.250 e. The number of carbonyl (C=O) groups excluding carboxylic acids is 1. The SMILES string of the molecule is CCOc1cc(Br)c(N2C(=NC(=O)[C@@H](C)CC)S[C@H]3CS(=O)(=O)C[C@H]32)cc1OCC. The summed E-state index contributed by atoms with van der Waals surface area (Å²) in [6.07, 6.45) is 0.697. The zero-order valence-corrected chi connectivity index (χ0v) is 20.8. The van der Waals surface area contributed by atoms with E-state index >= 15 is 0 Å². The monoisotopic (exact) mass is 518 g/mol. The summed E-state index contributed by atoms with van der Waals surface area (Å²) in [7, 11) is -3.14. The molecule has 2 saturated heterocycles. The minimum absolute atomic E-state index is 0.0326. The number of amidine groups is 1. The van der Waals surface area contributed by atoms with Crippen molar-refractivity contribution in [2.24, 2.45) is 10.9 Å². The Morgan fingerprint density at radius 1 is 1.23 bits per heavy atom. The third kappa shape index (κ3) is 4.80. The molecule has 0 aliphatic carbocycles. The molecule has 10 heteroatoms. The topological polar surface area (TPSA) is 85.3 Å². The van der Waals surface area contributed by atoms with Crippen LogP contribution in [0.2, 0.25) is 0 Å². The molecule has 0 radical (unpaired) electrons. The zero-order chi connectivity index (χ0) is 22.1. The van der Waals surface area contributed by atoms with Crippen LogP contribution in [0.3, 0.4) is 0 Å². The van der Waals surface area contributed by atoms with Gasteiger partial charge in [-0.2, -0.15) is 4.99 Å². The fraction of sp³-hybridized carbons (Fsp3) is 0.600. The Kier molecular flexibility index (Phi) is 7.40. The van der Waals surface area contributed by atoms with Gasteiger partial charge in [0.2, 0.25) is 0 Å². The predicted octanol–water partition coefficient (Wildman–Crippen LogP) is 3.89. The number of hydrogen-bond donors (Lipinski definition) is 0. The second-order valence-corrected chi connectivity index (χ2v) is 11.5. The molecule has 0 spiro atoms. The van der Waals surface area contributed by atoms with Gasteiger partial charge < -0.3 is 14.4 Å². The molecule has 2 aliphatic heterocycles. The van der Waals surface area contributed by atoms with Crippen molar-refractivity contribution in [2.75, 3.05) is 29.6 Å². The average molecular weight is 519 g/mol. The van der Waals surface area contributed by atoms with E-state index in [2.05, 4.69) is 20.9 Å². The number of amides is 1. The van der Waals surface area contributed by atoms with Crippen LogP contribution in [-0.2, 0) is 14.6 Å². The Hall–Kier alpha value is -1.26. The molecule has 3 atom stereocenters. The number of thioether (sulfide) groups is 1. The van der Waals surface area contributed by atoms with Crippen LogP contribution in [0.5, 0.6) is 11.5 Å². The van der Waals surface area contributed by atoms with Crippen LogP contribution in [-0.4, -0.2) is 55.5 Å². The Morgan fingerprint density at radius 2 is 1.87 bits per heavy atom. The summed E-state index contributed by atoms with van der Waals surface area (Å²) in [6.45, 7) is 8.53. The molecule has 30 heavy (non-hydrogen) atoms. The van der Waals surface area contributed by atoms with Gasteiger partial charge in [-0.05, 0) is 36.2 Å². The second-order valence-electron chi connectivity index (χ2n) is 7.33. The molecule has 1 aromatic carbocycles. The largest absolute Gasteiger partial charge is 0.490 e. The van der Waals surface area contributed by atoms with Crippen molar-refractivity contribution < 1.29 is 22.7 Å². The van der Waals surface area contributed by atoms with Crippen LogP contribution in [0.15, 0.2) is 21.6 Å². The van der Waals surface area contributed by atoms with Crippen molar-refractivity contribution in [2.45, 2.75) is 45.4 Å². The van der Waals surface area contributed by atoms with Crippen molar-refractivity contribution in [1.29, 1.82) is 0 Å². The number of hydrogen-bond acceptors (Lipinski definition) is 6. The summed E-state index contributed by atoms with van der Waals surface area (Å²) in [4.78, 5) is 18.8. The quantitative estimate of drug-likeness (QED) is 0.540. The van der Waals surface area contributed by atoms with E-state index in [1.807, 2.05) is 44.7 Å². The number of anilines is 1. The summed E-state index contributed by atoms with van der Waals surface area (Å²) in [6, 6.07) is 3.36. The summed E-state index contributed by atoms with van der Waals surface area (Å²) in [5.41, 5.74) is 0.717. The van der Waals surface area contributed by atoms with Crippen molar-refractivity contribution in [3.63, 3.8) is 0 Å². The fourth-order valence-corrected chi connectivity index (χ4v) is 7.90. The molecule has 1 aromatic rings. The van der Waals surface area contributed by atoms with Gasteiger partial charge in [0.15, 0.2) is 26.5 Å². The summed E-state index contributed by atoms with van der Waals surface area (Å²) in [5.74, 6) is 0.908. The average Bonchev–Trinajstić information content (AvgIpc) is 3.14. The number of aliphatic imine (C=N–C) groups is 1. The number of nitrogens with zero attached hydrogens (tertiary/aromatic N) is 2. The van der Waals surface area contributed by atoms with Gasteiger partial charge in [-0.3, -0.25) is 4.79 Å². The van der Waals surface area contributed by atoms with E-state index in [9.17, 15) is 13.2 Å². The molecule has 1 amide bonds. The Morgan fingerprint density at radius 3 is 2.47 bits per heavy atom. The lowest BCUT2D eigenvalue weighted by molar-refractivity contribution is -0.121. The first-order valence-corrected chi connectivity index (χ1v) is 13.6. The molecule has 0 N–H and O–H groups in total.